The van der Waals surface area contributed by atoms with Gasteiger partial charge in [0.05, 0.1) is 0 Å². The predicted octanol–water partition coefficient (Wildman–Crippen LogP) is 0.762. The lowest BCUT2D eigenvalue weighted by molar-refractivity contribution is 0.314. The zero-order valence-electron chi connectivity index (χ0n) is 8.66. The summed E-state index contributed by atoms with van der Waals surface area (Å²) in [6.07, 6.45) is 8.06. The Kier molecular flexibility index (Phi) is 7.67. The molecule has 0 fully saturated rings. The van der Waals surface area contributed by atoms with Crippen LogP contribution in [0, 0.1) is 18.3 Å². The molecule has 0 rings (SSSR count). The molecular weight excluding hydrogens is 178 g/mol. The fourth-order valence-electron chi connectivity index (χ4n) is 0.999. The van der Waals surface area contributed by atoms with Crippen LogP contribution in [0.5, 0.6) is 0 Å². The number of nitrogens with one attached hydrogen (secondary N) is 1. The number of nitrogens with two attached hydrogens (primary N) is 1. The lowest BCUT2D eigenvalue weighted by Gasteiger charge is -2.10. The largest absolute Gasteiger partial charge is 0.409 e. The van der Waals surface area contributed by atoms with Crippen molar-refractivity contribution in [2.75, 3.05) is 13.1 Å². The Balaban J connectivity index is 3.33. The highest BCUT2D eigenvalue weighted by Gasteiger charge is 2.05. The van der Waals surface area contributed by atoms with E-state index in [1.807, 2.05) is 6.92 Å². The summed E-state index contributed by atoms with van der Waals surface area (Å²) in [5.74, 6) is 2.92. The van der Waals surface area contributed by atoms with Crippen molar-refractivity contribution >= 4 is 5.84 Å². The Morgan fingerprint density at radius 1 is 1.64 bits per heavy atom. The smallest absolute Gasteiger partial charge is 0.143 e. The average molecular weight is 197 g/mol. The summed E-state index contributed by atoms with van der Waals surface area (Å²) >= 11 is 0. The van der Waals surface area contributed by atoms with E-state index in [1.54, 1.807) is 0 Å². The molecule has 4 heteroatoms. The minimum atomic E-state index is 0.0626. The standard InChI is InChI=1S/C10H19N3O/c1-3-4-5-6-7-12-8-9(2)10(11)13-14/h1,9,12,14H,4-8H2,2H3,(H2,11,13). The SMILES string of the molecule is C#CCCCCNCC(C)C(N)=NO. The van der Waals surface area contributed by atoms with Gasteiger partial charge in [-0.3, -0.25) is 0 Å². The molecule has 14 heavy (non-hydrogen) atoms. The molecule has 0 aliphatic carbocycles. The van der Waals surface area contributed by atoms with Crippen LogP contribution in [0.25, 0.3) is 0 Å². The second-order valence-corrected chi connectivity index (χ2v) is 3.29. The minimum Gasteiger partial charge on any atom is -0.409 e. The van der Waals surface area contributed by atoms with Crippen LogP contribution in [-0.4, -0.2) is 24.1 Å². The summed E-state index contributed by atoms with van der Waals surface area (Å²) in [5, 5.41) is 14.6. The molecule has 0 heterocycles. The van der Waals surface area contributed by atoms with Crippen LogP contribution in [-0.2, 0) is 0 Å². The Bertz CT molecular complexity index is 208. The highest BCUT2D eigenvalue weighted by Crippen LogP contribution is 1.94. The van der Waals surface area contributed by atoms with E-state index in [0.717, 1.165) is 32.4 Å². The fraction of sp³-hybridized carbons (Fsp3) is 0.700. The first-order valence-electron chi connectivity index (χ1n) is 4.84. The summed E-state index contributed by atoms with van der Waals surface area (Å²) < 4.78 is 0. The van der Waals surface area contributed by atoms with Crippen molar-refractivity contribution in [3.8, 4) is 12.3 Å². The molecule has 0 aliphatic heterocycles. The van der Waals surface area contributed by atoms with E-state index in [-0.39, 0.29) is 11.8 Å². The molecular formula is C10H19N3O. The van der Waals surface area contributed by atoms with Gasteiger partial charge in [0.1, 0.15) is 5.84 Å². The average Bonchev–Trinajstić information content (AvgIpc) is 2.21. The number of hydrogen-bond donors (Lipinski definition) is 3. The zero-order chi connectivity index (χ0) is 10.8. The first kappa shape index (κ1) is 12.8. The summed E-state index contributed by atoms with van der Waals surface area (Å²) in [5.41, 5.74) is 5.41. The summed E-state index contributed by atoms with van der Waals surface area (Å²) in [4.78, 5) is 0. The van der Waals surface area contributed by atoms with Gasteiger partial charge in [0.2, 0.25) is 0 Å². The van der Waals surface area contributed by atoms with Crippen molar-refractivity contribution in [1.82, 2.24) is 5.32 Å². The molecule has 1 unspecified atom stereocenters. The van der Waals surface area contributed by atoms with Gasteiger partial charge in [0.25, 0.3) is 0 Å². The molecule has 0 aromatic carbocycles. The lowest BCUT2D eigenvalue weighted by Crippen LogP contribution is -2.31. The highest BCUT2D eigenvalue weighted by molar-refractivity contribution is 5.82. The first-order valence-corrected chi connectivity index (χ1v) is 4.84. The third kappa shape index (κ3) is 6.32. The number of rotatable bonds is 7. The molecule has 0 amide bonds. The Hall–Kier alpha value is -1.21. The first-order chi connectivity index (χ1) is 6.72. The molecule has 4 nitrogen and oxygen atoms in total. The third-order valence-corrected chi connectivity index (χ3v) is 2.00. The lowest BCUT2D eigenvalue weighted by atomic mass is 10.1. The van der Waals surface area contributed by atoms with Crippen LogP contribution in [0.1, 0.15) is 26.2 Å². The number of unbranched alkanes of at least 4 members (excludes halogenated alkanes) is 2. The topological polar surface area (TPSA) is 70.6 Å². The molecule has 0 radical (unpaired) electrons. The summed E-state index contributed by atoms with van der Waals surface area (Å²) in [6.45, 7) is 3.56. The van der Waals surface area contributed by atoms with Gasteiger partial charge in [-0.25, -0.2) is 0 Å². The van der Waals surface area contributed by atoms with Gasteiger partial charge in [-0.05, 0) is 19.4 Å². The van der Waals surface area contributed by atoms with Gasteiger partial charge in [0.15, 0.2) is 0 Å². The van der Waals surface area contributed by atoms with Crippen molar-refractivity contribution in [2.45, 2.75) is 26.2 Å². The van der Waals surface area contributed by atoms with E-state index in [2.05, 4.69) is 16.4 Å². The maximum absolute atomic E-state index is 8.39. The van der Waals surface area contributed by atoms with Crippen LogP contribution < -0.4 is 11.1 Å². The predicted molar refractivity (Wildman–Crippen MR) is 58.1 cm³/mol. The number of terminal acetylenes is 1. The Labute approximate surface area is 85.6 Å². The molecule has 0 bridgehead atoms. The van der Waals surface area contributed by atoms with Crippen molar-refractivity contribution in [2.24, 2.45) is 16.8 Å². The van der Waals surface area contributed by atoms with Crippen molar-refractivity contribution in [3.63, 3.8) is 0 Å². The zero-order valence-corrected chi connectivity index (χ0v) is 8.66. The van der Waals surface area contributed by atoms with Gasteiger partial charge < -0.3 is 16.3 Å². The van der Waals surface area contributed by atoms with E-state index in [0.29, 0.717) is 0 Å². The molecule has 1 atom stereocenters. The molecule has 0 saturated heterocycles. The van der Waals surface area contributed by atoms with Crippen molar-refractivity contribution in [3.05, 3.63) is 0 Å². The van der Waals surface area contributed by atoms with Crippen LogP contribution in [0.4, 0.5) is 0 Å². The highest BCUT2D eigenvalue weighted by atomic mass is 16.4. The molecule has 0 aliphatic rings. The van der Waals surface area contributed by atoms with E-state index in [9.17, 15) is 0 Å². The molecule has 0 spiro atoms. The number of amidine groups is 1. The Morgan fingerprint density at radius 2 is 2.36 bits per heavy atom. The maximum Gasteiger partial charge on any atom is 0.143 e. The molecule has 0 aromatic heterocycles. The van der Waals surface area contributed by atoms with Crippen LogP contribution in [0.15, 0.2) is 5.16 Å². The van der Waals surface area contributed by atoms with Gasteiger partial charge in [-0.15, -0.1) is 12.3 Å². The monoisotopic (exact) mass is 197 g/mol. The van der Waals surface area contributed by atoms with Crippen LogP contribution >= 0.6 is 0 Å². The van der Waals surface area contributed by atoms with E-state index >= 15 is 0 Å². The minimum absolute atomic E-state index is 0.0626. The Morgan fingerprint density at radius 3 is 2.93 bits per heavy atom. The van der Waals surface area contributed by atoms with Gasteiger partial charge in [-0.1, -0.05) is 12.1 Å². The van der Waals surface area contributed by atoms with E-state index in [1.165, 1.54) is 0 Å². The molecule has 4 N–H and O–H groups in total. The normalized spacial score (nSPS) is 13.6. The van der Waals surface area contributed by atoms with E-state index in [4.69, 9.17) is 17.4 Å². The van der Waals surface area contributed by atoms with Crippen LogP contribution in [0.2, 0.25) is 0 Å². The van der Waals surface area contributed by atoms with Crippen molar-refractivity contribution in [1.29, 1.82) is 0 Å². The number of hydrogen-bond acceptors (Lipinski definition) is 3. The second-order valence-electron chi connectivity index (χ2n) is 3.29. The quantitative estimate of drug-likeness (QED) is 0.141. The number of oxime groups is 1. The fourth-order valence-corrected chi connectivity index (χ4v) is 0.999. The second kappa shape index (κ2) is 8.39. The van der Waals surface area contributed by atoms with Crippen molar-refractivity contribution < 1.29 is 5.21 Å². The van der Waals surface area contributed by atoms with Gasteiger partial charge in [-0.2, -0.15) is 0 Å². The third-order valence-electron chi connectivity index (χ3n) is 2.00. The summed E-state index contributed by atoms with van der Waals surface area (Å²) in [7, 11) is 0. The molecule has 80 valence electrons. The molecule has 0 saturated carbocycles. The van der Waals surface area contributed by atoms with Gasteiger partial charge >= 0.3 is 0 Å². The van der Waals surface area contributed by atoms with Crippen LogP contribution in [0.3, 0.4) is 0 Å². The summed E-state index contributed by atoms with van der Waals surface area (Å²) in [6, 6.07) is 0. The maximum atomic E-state index is 8.39. The van der Waals surface area contributed by atoms with Gasteiger partial charge in [0, 0.05) is 18.9 Å². The molecule has 0 aromatic rings. The van der Waals surface area contributed by atoms with E-state index < -0.39 is 0 Å². The number of nitrogens with zero attached hydrogens (tertiary/aromatic N) is 1.